The van der Waals surface area contributed by atoms with E-state index in [4.69, 9.17) is 12.2 Å². The summed E-state index contributed by atoms with van der Waals surface area (Å²) in [4.78, 5) is 14.6. The molecular formula is C17H14N2O2S2. The molecule has 0 spiro atoms. The molecule has 1 heterocycles. The molecule has 2 N–H and O–H groups in total. The van der Waals surface area contributed by atoms with E-state index in [9.17, 15) is 9.90 Å². The number of hydrogen-bond acceptors (Lipinski definition) is 5. The summed E-state index contributed by atoms with van der Waals surface area (Å²) in [6.07, 6.45) is 1.78. The van der Waals surface area contributed by atoms with Crippen LogP contribution in [0.3, 0.4) is 0 Å². The molecular weight excluding hydrogens is 328 g/mol. The van der Waals surface area contributed by atoms with E-state index >= 15 is 0 Å². The highest BCUT2D eigenvalue weighted by Gasteiger charge is 2.31. The summed E-state index contributed by atoms with van der Waals surface area (Å²) in [5, 5.41) is 12.5. The topological polar surface area (TPSA) is 52.6 Å². The van der Waals surface area contributed by atoms with Crippen molar-refractivity contribution in [2.45, 2.75) is 0 Å². The first-order chi connectivity index (χ1) is 11.1. The van der Waals surface area contributed by atoms with Gasteiger partial charge in [-0.15, -0.1) is 0 Å². The first-order valence-corrected chi connectivity index (χ1v) is 8.19. The fourth-order valence-electron chi connectivity index (χ4n) is 2.08. The molecule has 1 aliphatic heterocycles. The summed E-state index contributed by atoms with van der Waals surface area (Å²) >= 11 is 6.58. The molecule has 3 rings (SSSR count). The molecule has 0 saturated carbocycles. The van der Waals surface area contributed by atoms with E-state index in [2.05, 4.69) is 5.32 Å². The summed E-state index contributed by atoms with van der Waals surface area (Å²) in [7, 11) is 0. The van der Waals surface area contributed by atoms with Crippen LogP contribution in [-0.4, -0.2) is 26.9 Å². The summed E-state index contributed by atoms with van der Waals surface area (Å²) < 4.78 is 0.531. The fourth-order valence-corrected chi connectivity index (χ4v) is 3.34. The van der Waals surface area contributed by atoms with Gasteiger partial charge in [0.2, 0.25) is 0 Å². The molecule has 0 bridgehead atoms. The minimum atomic E-state index is -0.114. The van der Waals surface area contributed by atoms with E-state index in [-0.39, 0.29) is 11.7 Å². The third-order valence-electron chi connectivity index (χ3n) is 3.28. The van der Waals surface area contributed by atoms with Crippen molar-refractivity contribution in [3.8, 4) is 5.75 Å². The number of nitrogens with zero attached hydrogens (tertiary/aromatic N) is 1. The number of nitrogens with one attached hydrogen (secondary N) is 1. The number of phenols is 1. The zero-order chi connectivity index (χ0) is 16.2. The Morgan fingerprint density at radius 2 is 1.83 bits per heavy atom. The lowest BCUT2D eigenvalue weighted by molar-refractivity contribution is -0.121. The molecule has 0 aliphatic carbocycles. The molecule has 1 aliphatic rings. The zero-order valence-electron chi connectivity index (χ0n) is 12.1. The largest absolute Gasteiger partial charge is 0.508 e. The van der Waals surface area contributed by atoms with E-state index in [0.717, 1.165) is 11.3 Å². The van der Waals surface area contributed by atoms with Crippen LogP contribution in [0.4, 0.5) is 5.69 Å². The third-order valence-corrected chi connectivity index (χ3v) is 4.66. The van der Waals surface area contributed by atoms with Crippen molar-refractivity contribution in [1.82, 2.24) is 4.90 Å². The van der Waals surface area contributed by atoms with Crippen LogP contribution in [-0.2, 0) is 4.79 Å². The number of amides is 1. The van der Waals surface area contributed by atoms with Crippen LogP contribution >= 0.6 is 24.0 Å². The van der Waals surface area contributed by atoms with Gasteiger partial charge in [-0.25, -0.2) is 0 Å². The second-order valence-electron chi connectivity index (χ2n) is 4.90. The fraction of sp³-hybridized carbons (Fsp3) is 0.0588. The standard InChI is InChI=1S/C17H14N2O2S2/c20-14-8-6-12(7-9-14)10-15-16(21)19(17(22)23-15)11-18-13-4-2-1-3-5-13/h1-10,18,20H,11H2/b15-10+. The molecule has 0 atom stereocenters. The van der Waals surface area contributed by atoms with E-state index in [1.165, 1.54) is 11.8 Å². The summed E-state index contributed by atoms with van der Waals surface area (Å²) in [5.41, 5.74) is 1.78. The van der Waals surface area contributed by atoms with Crippen LogP contribution in [0.25, 0.3) is 6.08 Å². The summed E-state index contributed by atoms with van der Waals surface area (Å²) in [5.74, 6) is 0.0817. The second-order valence-corrected chi connectivity index (χ2v) is 6.58. The number of phenolic OH excluding ortho intramolecular Hbond substituents is 1. The number of aromatic hydroxyl groups is 1. The van der Waals surface area contributed by atoms with Gasteiger partial charge in [0.05, 0.1) is 11.6 Å². The Bertz CT molecular complexity index is 758. The molecule has 0 radical (unpaired) electrons. The molecule has 0 aromatic heterocycles. The van der Waals surface area contributed by atoms with Crippen LogP contribution in [0.2, 0.25) is 0 Å². The number of thioether (sulfide) groups is 1. The Balaban J connectivity index is 1.71. The van der Waals surface area contributed by atoms with E-state index in [0.29, 0.717) is 15.9 Å². The molecule has 116 valence electrons. The normalized spacial score (nSPS) is 16.2. The maximum Gasteiger partial charge on any atom is 0.267 e. The predicted octanol–water partition coefficient (Wildman–Crippen LogP) is 3.66. The van der Waals surface area contributed by atoms with E-state index in [1.807, 2.05) is 30.3 Å². The summed E-state index contributed by atoms with van der Waals surface area (Å²) in [6, 6.07) is 16.3. The SMILES string of the molecule is O=C1/C(=C\c2ccc(O)cc2)SC(=S)N1CNc1ccccc1. The van der Waals surface area contributed by atoms with Gasteiger partial charge < -0.3 is 10.4 Å². The van der Waals surface area contributed by atoms with Gasteiger partial charge in [0.15, 0.2) is 0 Å². The van der Waals surface area contributed by atoms with E-state index < -0.39 is 0 Å². The van der Waals surface area contributed by atoms with Gasteiger partial charge in [-0.2, -0.15) is 0 Å². The first-order valence-electron chi connectivity index (χ1n) is 6.97. The maximum atomic E-state index is 12.5. The van der Waals surface area contributed by atoms with Crippen molar-refractivity contribution in [3.05, 3.63) is 65.1 Å². The van der Waals surface area contributed by atoms with Crippen LogP contribution in [0.5, 0.6) is 5.75 Å². The van der Waals surface area contributed by atoms with Gasteiger partial charge >= 0.3 is 0 Å². The minimum Gasteiger partial charge on any atom is -0.508 e. The zero-order valence-corrected chi connectivity index (χ0v) is 13.7. The number of benzene rings is 2. The van der Waals surface area contributed by atoms with E-state index in [1.54, 1.807) is 35.2 Å². The minimum absolute atomic E-state index is 0.114. The number of carbonyl (C=O) groups is 1. The molecule has 1 fully saturated rings. The molecule has 6 heteroatoms. The Kier molecular flexibility index (Phi) is 4.64. The number of rotatable bonds is 4. The molecule has 4 nitrogen and oxygen atoms in total. The van der Waals surface area contributed by atoms with Gasteiger partial charge in [0.1, 0.15) is 10.1 Å². The first kappa shape index (κ1) is 15.6. The van der Waals surface area contributed by atoms with Crippen molar-refractivity contribution in [2.24, 2.45) is 0 Å². The third kappa shape index (κ3) is 3.72. The van der Waals surface area contributed by atoms with Crippen LogP contribution in [0, 0.1) is 0 Å². The number of hydrogen-bond donors (Lipinski definition) is 2. The van der Waals surface area contributed by atoms with Gasteiger partial charge in [-0.3, -0.25) is 9.69 Å². The van der Waals surface area contributed by atoms with Gasteiger partial charge in [-0.1, -0.05) is 54.3 Å². The predicted molar refractivity (Wildman–Crippen MR) is 98.1 cm³/mol. The van der Waals surface area contributed by atoms with Gasteiger partial charge in [0.25, 0.3) is 5.91 Å². The number of anilines is 1. The number of carbonyl (C=O) groups excluding carboxylic acids is 1. The Hall–Kier alpha value is -2.31. The Morgan fingerprint density at radius 3 is 2.52 bits per heavy atom. The molecule has 2 aromatic rings. The van der Waals surface area contributed by atoms with Gasteiger partial charge in [0, 0.05) is 5.69 Å². The lowest BCUT2D eigenvalue weighted by Gasteiger charge is -2.16. The van der Waals surface area contributed by atoms with Crippen LogP contribution < -0.4 is 5.32 Å². The molecule has 23 heavy (non-hydrogen) atoms. The second kappa shape index (κ2) is 6.85. The van der Waals surface area contributed by atoms with Crippen LogP contribution in [0.1, 0.15) is 5.56 Å². The maximum absolute atomic E-state index is 12.5. The average Bonchev–Trinajstić information content (AvgIpc) is 2.82. The highest BCUT2D eigenvalue weighted by molar-refractivity contribution is 8.26. The Labute approximate surface area is 143 Å². The van der Waals surface area contributed by atoms with Crippen molar-refractivity contribution < 1.29 is 9.90 Å². The van der Waals surface area contributed by atoms with Crippen molar-refractivity contribution in [3.63, 3.8) is 0 Å². The monoisotopic (exact) mass is 342 g/mol. The lowest BCUT2D eigenvalue weighted by atomic mass is 10.2. The van der Waals surface area contributed by atoms with Gasteiger partial charge in [-0.05, 0) is 35.9 Å². The van der Waals surface area contributed by atoms with Crippen molar-refractivity contribution in [1.29, 1.82) is 0 Å². The molecule has 1 saturated heterocycles. The lowest BCUT2D eigenvalue weighted by Crippen LogP contribution is -2.33. The Morgan fingerprint density at radius 1 is 1.13 bits per heavy atom. The molecule has 0 unspecified atom stereocenters. The van der Waals surface area contributed by atoms with Crippen molar-refractivity contribution in [2.75, 3.05) is 12.0 Å². The quantitative estimate of drug-likeness (QED) is 0.656. The smallest absolute Gasteiger partial charge is 0.267 e. The molecule has 1 amide bonds. The summed E-state index contributed by atoms with van der Waals surface area (Å²) in [6.45, 7) is 0.335. The van der Waals surface area contributed by atoms with Crippen LogP contribution in [0.15, 0.2) is 59.5 Å². The van der Waals surface area contributed by atoms with Crippen molar-refractivity contribution >= 4 is 46.0 Å². The molecule has 2 aromatic carbocycles. The highest BCUT2D eigenvalue weighted by atomic mass is 32.2. The highest BCUT2D eigenvalue weighted by Crippen LogP contribution is 2.32. The number of para-hydroxylation sites is 1. The average molecular weight is 342 g/mol. The number of thiocarbonyl (C=S) groups is 1.